The summed E-state index contributed by atoms with van der Waals surface area (Å²) in [4.78, 5) is 4.49. The fraction of sp³-hybridized carbons (Fsp3) is 0.385. The summed E-state index contributed by atoms with van der Waals surface area (Å²) < 4.78 is 24.2. The van der Waals surface area contributed by atoms with E-state index in [1.807, 2.05) is 60.7 Å². The summed E-state index contributed by atoms with van der Waals surface area (Å²) >= 11 is 0. The van der Waals surface area contributed by atoms with Gasteiger partial charge in [-0.05, 0) is 24.3 Å². The summed E-state index contributed by atoms with van der Waals surface area (Å²) in [5.74, 6) is 3.04. The molecule has 32 heavy (non-hydrogen) atoms. The maximum atomic E-state index is 6.05. The lowest BCUT2D eigenvalue weighted by atomic mass is 10.3. The van der Waals surface area contributed by atoms with Crippen LogP contribution in [0.2, 0.25) is 0 Å². The Morgan fingerprint density at radius 1 is 0.562 bits per heavy atom. The summed E-state index contributed by atoms with van der Waals surface area (Å²) in [5, 5.41) is 0. The highest BCUT2D eigenvalue weighted by Gasteiger charge is 2.11. The first-order chi connectivity index (χ1) is 15.8. The van der Waals surface area contributed by atoms with Gasteiger partial charge < -0.3 is 18.9 Å². The molecule has 172 valence electrons. The lowest BCUT2D eigenvalue weighted by molar-refractivity contribution is 0.164. The van der Waals surface area contributed by atoms with Crippen LogP contribution in [0.25, 0.3) is 0 Å². The maximum Gasteiger partial charge on any atom is 0.161 e. The highest BCUT2D eigenvalue weighted by Crippen LogP contribution is 2.27. The Balaban J connectivity index is 1.71. The van der Waals surface area contributed by atoms with Crippen molar-refractivity contribution in [3.8, 4) is 23.0 Å². The van der Waals surface area contributed by atoms with Gasteiger partial charge in [-0.15, -0.1) is 13.2 Å². The van der Waals surface area contributed by atoms with E-state index >= 15 is 0 Å². The zero-order chi connectivity index (χ0) is 22.4. The number of hydrogen-bond donors (Lipinski definition) is 0. The lowest BCUT2D eigenvalue weighted by Crippen LogP contribution is -2.33. The van der Waals surface area contributed by atoms with Gasteiger partial charge in [-0.25, -0.2) is 0 Å². The van der Waals surface area contributed by atoms with E-state index in [1.165, 1.54) is 0 Å². The fourth-order valence-electron chi connectivity index (χ4n) is 3.47. The smallest absolute Gasteiger partial charge is 0.161 e. The Kier molecular flexibility index (Phi) is 9.96. The summed E-state index contributed by atoms with van der Waals surface area (Å²) in [7, 11) is 0. The average molecular weight is 439 g/mol. The van der Waals surface area contributed by atoms with Gasteiger partial charge in [0.1, 0.15) is 26.4 Å². The molecule has 0 saturated carbocycles. The minimum atomic E-state index is 0.552. The van der Waals surface area contributed by atoms with Gasteiger partial charge in [0.05, 0.1) is 0 Å². The lowest BCUT2D eigenvalue weighted by Gasteiger charge is -2.24. The number of rotatable bonds is 4. The highest BCUT2D eigenvalue weighted by atomic mass is 16.5. The zero-order valence-corrected chi connectivity index (χ0v) is 18.8. The Morgan fingerprint density at radius 3 is 1.09 bits per heavy atom. The van der Waals surface area contributed by atoms with E-state index in [4.69, 9.17) is 18.9 Å². The third-order valence-corrected chi connectivity index (χ3v) is 5.13. The van der Waals surface area contributed by atoms with Crippen molar-refractivity contribution in [1.29, 1.82) is 0 Å². The molecule has 1 heterocycles. The first kappa shape index (κ1) is 23.7. The van der Waals surface area contributed by atoms with Crippen molar-refractivity contribution in [1.82, 2.24) is 9.80 Å². The number of para-hydroxylation sites is 4. The van der Waals surface area contributed by atoms with E-state index in [0.29, 0.717) is 26.4 Å². The summed E-state index contributed by atoms with van der Waals surface area (Å²) in [6.07, 6.45) is 3.80. The fourth-order valence-corrected chi connectivity index (χ4v) is 3.47. The Labute approximate surface area is 191 Å². The van der Waals surface area contributed by atoms with Crippen LogP contribution < -0.4 is 18.9 Å². The van der Waals surface area contributed by atoms with Gasteiger partial charge >= 0.3 is 0 Å². The van der Waals surface area contributed by atoms with Crippen LogP contribution >= 0.6 is 0 Å². The van der Waals surface area contributed by atoms with Gasteiger partial charge in [-0.2, -0.15) is 0 Å². The SMILES string of the molecule is C=CCN1CCOc2ccccc2OCCN(CC=C)CCOc2ccccc2OCC1. The Bertz CT molecular complexity index is 715. The van der Waals surface area contributed by atoms with Crippen LogP contribution in [0, 0.1) is 0 Å². The van der Waals surface area contributed by atoms with Crippen LogP contribution in [0.5, 0.6) is 23.0 Å². The van der Waals surface area contributed by atoms with E-state index in [1.54, 1.807) is 0 Å². The molecule has 0 unspecified atom stereocenters. The molecular formula is C26H34N2O4. The Morgan fingerprint density at radius 2 is 0.844 bits per heavy atom. The quantitative estimate of drug-likeness (QED) is 0.675. The van der Waals surface area contributed by atoms with Crippen LogP contribution in [-0.4, -0.2) is 75.5 Å². The van der Waals surface area contributed by atoms with Crippen LogP contribution in [0.4, 0.5) is 0 Å². The van der Waals surface area contributed by atoms with Crippen molar-refractivity contribution in [3.63, 3.8) is 0 Å². The molecule has 0 saturated heterocycles. The summed E-state index contributed by atoms with van der Waals surface area (Å²) in [6, 6.07) is 15.6. The molecule has 6 nitrogen and oxygen atoms in total. The molecule has 6 heteroatoms. The molecule has 3 rings (SSSR count). The van der Waals surface area contributed by atoms with Gasteiger partial charge in [0, 0.05) is 39.3 Å². The van der Waals surface area contributed by atoms with Gasteiger partial charge in [0.25, 0.3) is 0 Å². The second-order valence-corrected chi connectivity index (χ2v) is 7.47. The first-order valence-electron chi connectivity index (χ1n) is 11.2. The minimum Gasteiger partial charge on any atom is -0.488 e. The van der Waals surface area contributed by atoms with Gasteiger partial charge in [0.2, 0.25) is 0 Å². The highest BCUT2D eigenvalue weighted by molar-refractivity contribution is 5.40. The molecule has 0 N–H and O–H groups in total. The monoisotopic (exact) mass is 438 g/mol. The van der Waals surface area contributed by atoms with Crippen molar-refractivity contribution in [2.24, 2.45) is 0 Å². The van der Waals surface area contributed by atoms with Crippen molar-refractivity contribution in [3.05, 3.63) is 73.8 Å². The van der Waals surface area contributed by atoms with E-state index < -0.39 is 0 Å². The molecule has 1 aliphatic heterocycles. The zero-order valence-electron chi connectivity index (χ0n) is 18.8. The van der Waals surface area contributed by atoms with Crippen LogP contribution in [0.1, 0.15) is 0 Å². The second kappa shape index (κ2) is 13.5. The molecule has 2 aromatic carbocycles. The number of hydrogen-bond acceptors (Lipinski definition) is 6. The maximum absolute atomic E-state index is 6.05. The predicted molar refractivity (Wildman–Crippen MR) is 128 cm³/mol. The molecule has 0 spiro atoms. The third-order valence-electron chi connectivity index (χ3n) is 5.13. The average Bonchev–Trinajstić information content (AvgIpc) is 2.80. The molecule has 0 bridgehead atoms. The van der Waals surface area contributed by atoms with E-state index in [-0.39, 0.29) is 0 Å². The van der Waals surface area contributed by atoms with Gasteiger partial charge in [-0.1, -0.05) is 36.4 Å². The van der Waals surface area contributed by atoms with Crippen molar-refractivity contribution in [2.45, 2.75) is 0 Å². The van der Waals surface area contributed by atoms with Crippen molar-refractivity contribution < 1.29 is 18.9 Å². The second-order valence-electron chi connectivity index (χ2n) is 7.47. The van der Waals surface area contributed by atoms with Crippen LogP contribution in [0.15, 0.2) is 73.8 Å². The molecular weight excluding hydrogens is 404 g/mol. The minimum absolute atomic E-state index is 0.552. The molecule has 0 aliphatic carbocycles. The normalized spacial score (nSPS) is 17.0. The van der Waals surface area contributed by atoms with Crippen LogP contribution in [-0.2, 0) is 0 Å². The first-order valence-corrected chi connectivity index (χ1v) is 11.2. The molecule has 0 fully saturated rings. The third kappa shape index (κ3) is 7.62. The predicted octanol–water partition coefficient (Wildman–Crippen LogP) is 3.89. The largest absolute Gasteiger partial charge is 0.488 e. The van der Waals surface area contributed by atoms with E-state index in [0.717, 1.165) is 62.3 Å². The molecule has 1 aliphatic rings. The Hall–Kier alpha value is -2.96. The number of benzene rings is 2. The molecule has 0 aromatic heterocycles. The van der Waals surface area contributed by atoms with Gasteiger partial charge in [0.15, 0.2) is 23.0 Å². The summed E-state index contributed by atoms with van der Waals surface area (Å²) in [5.41, 5.74) is 0. The molecule has 0 atom stereocenters. The molecule has 2 aromatic rings. The number of ether oxygens (including phenoxy) is 4. The number of nitrogens with zero attached hydrogens (tertiary/aromatic N) is 2. The van der Waals surface area contributed by atoms with Gasteiger partial charge in [-0.3, -0.25) is 9.80 Å². The topological polar surface area (TPSA) is 43.4 Å². The molecule has 0 amide bonds. The van der Waals surface area contributed by atoms with Crippen molar-refractivity contribution >= 4 is 0 Å². The van der Waals surface area contributed by atoms with Crippen LogP contribution in [0.3, 0.4) is 0 Å². The van der Waals surface area contributed by atoms with Crippen molar-refractivity contribution in [2.75, 3.05) is 65.7 Å². The standard InChI is InChI=1S/C26H34N2O4/c1-3-13-27-15-19-29-23-9-5-7-11-25(23)31-21-17-28(14-4-2)18-22-32-26-12-8-6-10-24(26)30-20-16-27/h3-12H,1-2,13-22H2. The van der Waals surface area contributed by atoms with E-state index in [2.05, 4.69) is 23.0 Å². The molecule has 0 radical (unpaired) electrons. The summed E-state index contributed by atoms with van der Waals surface area (Å²) in [6.45, 7) is 14.5. The number of fused-ring (bicyclic) bond motifs is 2. The van der Waals surface area contributed by atoms with E-state index in [9.17, 15) is 0 Å².